The minimum Gasteiger partial charge on any atom is -0.377 e. The second kappa shape index (κ2) is 4.72. The summed E-state index contributed by atoms with van der Waals surface area (Å²) in [5, 5.41) is 4.10. The summed E-state index contributed by atoms with van der Waals surface area (Å²) in [4.78, 5) is 4.19. The summed E-state index contributed by atoms with van der Waals surface area (Å²) in [5.74, 6) is 0.912. The Morgan fingerprint density at radius 3 is 2.80 bits per heavy atom. The number of hydrogen-bond acceptors (Lipinski definition) is 4. The summed E-state index contributed by atoms with van der Waals surface area (Å²) in [7, 11) is 1.67. The number of methoxy groups -OCH3 is 1. The average molecular weight is 212 g/mol. The fraction of sp³-hybridized carbons (Fsp3) is 0.800. The van der Waals surface area contributed by atoms with Crippen LogP contribution in [0.5, 0.6) is 0 Å². The van der Waals surface area contributed by atoms with Gasteiger partial charge < -0.3 is 10.5 Å². The molecule has 1 aromatic rings. The number of hydrogen-bond donors (Lipinski definition) is 1. The summed E-state index contributed by atoms with van der Waals surface area (Å²) >= 11 is 0. The van der Waals surface area contributed by atoms with E-state index < -0.39 is 0 Å². The van der Waals surface area contributed by atoms with Crippen molar-refractivity contribution >= 4 is 0 Å². The van der Waals surface area contributed by atoms with Gasteiger partial charge in [-0.05, 0) is 20.8 Å². The van der Waals surface area contributed by atoms with Crippen molar-refractivity contribution in [2.45, 2.75) is 45.4 Å². The zero-order valence-electron chi connectivity index (χ0n) is 9.90. The highest BCUT2D eigenvalue weighted by atomic mass is 16.5. The van der Waals surface area contributed by atoms with E-state index in [1.807, 2.05) is 25.5 Å². The minimum absolute atomic E-state index is 0.0861. The fourth-order valence-electron chi connectivity index (χ4n) is 1.30. The van der Waals surface area contributed by atoms with Crippen molar-refractivity contribution in [3.05, 3.63) is 12.2 Å². The molecule has 1 atom stereocenters. The second-order valence-electron chi connectivity index (χ2n) is 4.11. The quantitative estimate of drug-likeness (QED) is 0.776. The summed E-state index contributed by atoms with van der Waals surface area (Å²) < 4.78 is 7.19. The summed E-state index contributed by atoms with van der Waals surface area (Å²) in [5.41, 5.74) is 5.73. The maximum atomic E-state index is 6.07. The van der Waals surface area contributed by atoms with Crippen LogP contribution in [-0.4, -0.2) is 33.5 Å². The van der Waals surface area contributed by atoms with Crippen molar-refractivity contribution in [3.63, 3.8) is 0 Å². The first kappa shape index (κ1) is 12.1. The third-order valence-corrected chi connectivity index (χ3v) is 2.82. The van der Waals surface area contributed by atoms with E-state index in [1.165, 1.54) is 0 Å². The lowest BCUT2D eigenvalue weighted by Crippen LogP contribution is -2.46. The number of aromatic nitrogens is 3. The molecule has 0 saturated carbocycles. The molecule has 0 bridgehead atoms. The fourth-order valence-corrected chi connectivity index (χ4v) is 1.30. The van der Waals surface area contributed by atoms with E-state index in [4.69, 9.17) is 10.5 Å². The van der Waals surface area contributed by atoms with Gasteiger partial charge in [0.2, 0.25) is 0 Å². The van der Waals surface area contributed by atoms with Crippen LogP contribution in [0.4, 0.5) is 0 Å². The third kappa shape index (κ3) is 2.76. The van der Waals surface area contributed by atoms with E-state index >= 15 is 0 Å². The predicted molar refractivity (Wildman–Crippen MR) is 58.5 cm³/mol. The Morgan fingerprint density at radius 1 is 1.60 bits per heavy atom. The lowest BCUT2D eigenvalue weighted by atomic mass is 9.96. The lowest BCUT2D eigenvalue weighted by Gasteiger charge is -2.29. The molecule has 1 unspecified atom stereocenters. The average Bonchev–Trinajstić information content (AvgIpc) is 2.65. The topological polar surface area (TPSA) is 66.0 Å². The number of aryl methyl sites for hydroxylation is 1. The smallest absolute Gasteiger partial charge is 0.138 e. The summed E-state index contributed by atoms with van der Waals surface area (Å²) in [6, 6.07) is -0.0861. The molecular weight excluding hydrogens is 192 g/mol. The molecule has 0 aliphatic heterocycles. The Morgan fingerprint density at radius 2 is 2.27 bits per heavy atom. The van der Waals surface area contributed by atoms with Gasteiger partial charge in [0.25, 0.3) is 0 Å². The molecule has 0 spiro atoms. The van der Waals surface area contributed by atoms with E-state index in [0.717, 1.165) is 12.4 Å². The third-order valence-electron chi connectivity index (χ3n) is 2.82. The van der Waals surface area contributed by atoms with Crippen molar-refractivity contribution < 1.29 is 4.74 Å². The van der Waals surface area contributed by atoms with Gasteiger partial charge in [-0.1, -0.05) is 0 Å². The Bertz CT molecular complexity index is 308. The number of nitrogens with two attached hydrogens (primary N) is 1. The molecule has 0 aliphatic carbocycles. The van der Waals surface area contributed by atoms with Crippen molar-refractivity contribution in [3.8, 4) is 0 Å². The van der Waals surface area contributed by atoms with Gasteiger partial charge in [0.05, 0.1) is 5.60 Å². The van der Waals surface area contributed by atoms with Gasteiger partial charge in [-0.25, -0.2) is 4.98 Å². The van der Waals surface area contributed by atoms with Crippen LogP contribution in [0.25, 0.3) is 0 Å². The molecule has 86 valence electrons. The Hall–Kier alpha value is -0.940. The van der Waals surface area contributed by atoms with E-state index in [9.17, 15) is 0 Å². The van der Waals surface area contributed by atoms with E-state index in [0.29, 0.717) is 6.42 Å². The molecule has 1 rings (SSSR count). The van der Waals surface area contributed by atoms with E-state index in [-0.39, 0.29) is 11.6 Å². The van der Waals surface area contributed by atoms with Gasteiger partial charge in [-0.15, -0.1) is 0 Å². The van der Waals surface area contributed by atoms with Crippen LogP contribution in [0, 0.1) is 0 Å². The van der Waals surface area contributed by atoms with Crippen molar-refractivity contribution in [1.82, 2.24) is 14.8 Å². The number of ether oxygens (including phenoxy) is 1. The van der Waals surface area contributed by atoms with Gasteiger partial charge in [0, 0.05) is 26.1 Å². The van der Waals surface area contributed by atoms with Crippen LogP contribution in [0.2, 0.25) is 0 Å². The summed E-state index contributed by atoms with van der Waals surface area (Å²) in [6.45, 7) is 6.80. The van der Waals surface area contributed by atoms with Crippen LogP contribution in [-0.2, 0) is 17.7 Å². The standard InChI is InChI=1S/C10H20N4O/c1-5-14-9(12-7-13-14)6-8(11)10(2,3)15-4/h7-8H,5-6,11H2,1-4H3. The summed E-state index contributed by atoms with van der Waals surface area (Å²) in [6.07, 6.45) is 2.24. The molecule has 0 saturated heterocycles. The Labute approximate surface area is 90.6 Å². The molecule has 15 heavy (non-hydrogen) atoms. The first-order chi connectivity index (χ1) is 7.01. The molecule has 1 aromatic heterocycles. The normalized spacial score (nSPS) is 14.2. The maximum absolute atomic E-state index is 6.07. The SMILES string of the molecule is CCn1ncnc1CC(N)C(C)(C)OC. The van der Waals surface area contributed by atoms with Crippen LogP contribution in [0.1, 0.15) is 26.6 Å². The van der Waals surface area contributed by atoms with Crippen molar-refractivity contribution in [1.29, 1.82) is 0 Å². The minimum atomic E-state index is -0.343. The van der Waals surface area contributed by atoms with Crippen LogP contribution >= 0.6 is 0 Å². The highest BCUT2D eigenvalue weighted by molar-refractivity contribution is 4.94. The van der Waals surface area contributed by atoms with Gasteiger partial charge in [0.1, 0.15) is 12.2 Å². The highest BCUT2D eigenvalue weighted by Gasteiger charge is 2.27. The monoisotopic (exact) mass is 212 g/mol. The molecule has 5 nitrogen and oxygen atoms in total. The molecule has 0 aliphatic rings. The van der Waals surface area contributed by atoms with Crippen molar-refractivity contribution in [2.75, 3.05) is 7.11 Å². The zero-order valence-corrected chi connectivity index (χ0v) is 9.90. The molecule has 0 radical (unpaired) electrons. The van der Waals surface area contributed by atoms with E-state index in [2.05, 4.69) is 10.1 Å². The molecule has 2 N–H and O–H groups in total. The molecular formula is C10H20N4O. The van der Waals surface area contributed by atoms with Gasteiger partial charge in [0.15, 0.2) is 0 Å². The molecule has 0 fully saturated rings. The Balaban J connectivity index is 2.70. The van der Waals surface area contributed by atoms with Gasteiger partial charge >= 0.3 is 0 Å². The van der Waals surface area contributed by atoms with Crippen molar-refractivity contribution in [2.24, 2.45) is 5.73 Å². The lowest BCUT2D eigenvalue weighted by molar-refractivity contribution is 0.000109. The number of nitrogens with zero attached hydrogens (tertiary/aromatic N) is 3. The highest BCUT2D eigenvalue weighted by Crippen LogP contribution is 2.15. The molecule has 0 amide bonds. The maximum Gasteiger partial charge on any atom is 0.138 e. The van der Waals surface area contributed by atoms with Crippen LogP contribution in [0.3, 0.4) is 0 Å². The molecule has 0 aromatic carbocycles. The second-order valence-corrected chi connectivity index (χ2v) is 4.11. The Kier molecular flexibility index (Phi) is 3.82. The zero-order chi connectivity index (χ0) is 11.5. The predicted octanol–water partition coefficient (Wildman–Crippen LogP) is 0.593. The van der Waals surface area contributed by atoms with E-state index in [1.54, 1.807) is 13.4 Å². The van der Waals surface area contributed by atoms with Crippen LogP contribution in [0.15, 0.2) is 6.33 Å². The van der Waals surface area contributed by atoms with Gasteiger partial charge in [-0.2, -0.15) is 5.10 Å². The van der Waals surface area contributed by atoms with Crippen LogP contribution < -0.4 is 5.73 Å². The first-order valence-corrected chi connectivity index (χ1v) is 5.18. The molecule has 5 heteroatoms. The first-order valence-electron chi connectivity index (χ1n) is 5.18. The van der Waals surface area contributed by atoms with Gasteiger partial charge in [-0.3, -0.25) is 4.68 Å². The number of rotatable bonds is 5. The molecule has 1 heterocycles. The largest absolute Gasteiger partial charge is 0.377 e.